The zero-order valence-electron chi connectivity index (χ0n) is 10.5. The summed E-state index contributed by atoms with van der Waals surface area (Å²) < 4.78 is 5.99. The van der Waals surface area contributed by atoms with Crippen molar-refractivity contribution in [3.63, 3.8) is 0 Å². The molecule has 0 aliphatic heterocycles. The minimum absolute atomic E-state index is 0.949. The van der Waals surface area contributed by atoms with Crippen LogP contribution >= 0.6 is 0 Å². The fraction of sp³-hybridized carbons (Fsp3) is 0.312. The highest BCUT2D eigenvalue weighted by Gasteiger charge is 2.19. The molecule has 0 fully saturated rings. The summed E-state index contributed by atoms with van der Waals surface area (Å²) in [5.41, 5.74) is 6.99. The topological polar surface area (TPSA) is 26.0 Å². The monoisotopic (exact) mass is 237 g/mol. The first-order chi connectivity index (χ1) is 8.84. The van der Waals surface area contributed by atoms with Crippen LogP contribution in [0.5, 0.6) is 0 Å². The molecule has 0 unspecified atom stereocenters. The highest BCUT2D eigenvalue weighted by molar-refractivity contribution is 6.03. The highest BCUT2D eigenvalue weighted by Crippen LogP contribution is 2.34. The third-order valence-corrected chi connectivity index (χ3v) is 4.05. The lowest BCUT2D eigenvalue weighted by molar-refractivity contribution is 0.645. The smallest absolute Gasteiger partial charge is 0.157 e. The molecule has 0 amide bonds. The number of rotatable bonds is 0. The van der Waals surface area contributed by atoms with Crippen LogP contribution in [0.3, 0.4) is 0 Å². The van der Waals surface area contributed by atoms with Crippen molar-refractivity contribution in [2.45, 2.75) is 32.6 Å². The quantitative estimate of drug-likeness (QED) is 0.586. The van der Waals surface area contributed by atoms with Crippen molar-refractivity contribution in [3.8, 4) is 0 Å². The number of aryl methyl sites for hydroxylation is 2. The largest absolute Gasteiger partial charge is 0.454 e. The molecule has 0 spiro atoms. The van der Waals surface area contributed by atoms with Gasteiger partial charge in [0.2, 0.25) is 0 Å². The second kappa shape index (κ2) is 3.58. The minimum Gasteiger partial charge on any atom is -0.454 e. The summed E-state index contributed by atoms with van der Waals surface area (Å²) in [6.07, 6.45) is 4.81. The van der Waals surface area contributed by atoms with E-state index in [9.17, 15) is 0 Å². The van der Waals surface area contributed by atoms with Crippen molar-refractivity contribution in [2.75, 3.05) is 0 Å². The maximum atomic E-state index is 5.99. The first kappa shape index (κ1) is 10.1. The van der Waals surface area contributed by atoms with Crippen LogP contribution in [-0.4, -0.2) is 4.98 Å². The Bertz CT molecular complexity index is 754. The summed E-state index contributed by atoms with van der Waals surface area (Å²) in [5.74, 6) is 0. The van der Waals surface area contributed by atoms with Gasteiger partial charge in [0.1, 0.15) is 11.1 Å². The van der Waals surface area contributed by atoms with Crippen molar-refractivity contribution < 1.29 is 4.42 Å². The zero-order valence-corrected chi connectivity index (χ0v) is 10.5. The van der Waals surface area contributed by atoms with E-state index in [0.717, 1.165) is 34.9 Å². The van der Waals surface area contributed by atoms with Crippen LogP contribution in [0.15, 0.2) is 28.7 Å². The van der Waals surface area contributed by atoms with Crippen molar-refractivity contribution in [1.82, 2.24) is 4.98 Å². The summed E-state index contributed by atoms with van der Waals surface area (Å²) in [5, 5.41) is 1.14. The van der Waals surface area contributed by atoms with Crippen LogP contribution in [0.25, 0.3) is 22.1 Å². The minimum atomic E-state index is 0.949. The molecule has 0 bridgehead atoms. The maximum absolute atomic E-state index is 5.99. The van der Waals surface area contributed by atoms with Gasteiger partial charge in [-0.2, -0.15) is 0 Å². The van der Waals surface area contributed by atoms with Gasteiger partial charge in [-0.3, -0.25) is 0 Å². The Morgan fingerprint density at radius 1 is 1.11 bits per heavy atom. The lowest BCUT2D eigenvalue weighted by Crippen LogP contribution is -2.07. The Hall–Kier alpha value is -1.83. The first-order valence-corrected chi connectivity index (χ1v) is 6.64. The third kappa shape index (κ3) is 1.26. The van der Waals surface area contributed by atoms with Crippen LogP contribution in [0.4, 0.5) is 0 Å². The second-order valence-corrected chi connectivity index (χ2v) is 5.15. The number of hydrogen-bond donors (Lipinski definition) is 0. The van der Waals surface area contributed by atoms with E-state index in [-0.39, 0.29) is 0 Å². The summed E-state index contributed by atoms with van der Waals surface area (Å²) in [4.78, 5) is 4.87. The summed E-state index contributed by atoms with van der Waals surface area (Å²) in [6.45, 7) is 2.18. The lowest BCUT2D eigenvalue weighted by Gasteiger charge is -2.16. The molecule has 2 aromatic heterocycles. The normalized spacial score (nSPS) is 15.2. The first-order valence-electron chi connectivity index (χ1n) is 6.64. The molecule has 0 saturated heterocycles. The Morgan fingerprint density at radius 2 is 1.94 bits per heavy atom. The summed E-state index contributed by atoms with van der Waals surface area (Å²) >= 11 is 0. The number of aromatic nitrogens is 1. The molecule has 2 heterocycles. The van der Waals surface area contributed by atoms with Gasteiger partial charge in [-0.05, 0) is 55.9 Å². The van der Waals surface area contributed by atoms with Crippen molar-refractivity contribution in [2.24, 2.45) is 0 Å². The highest BCUT2D eigenvalue weighted by atomic mass is 16.3. The van der Waals surface area contributed by atoms with E-state index < -0.39 is 0 Å². The number of fused-ring (bicyclic) bond motifs is 4. The molecule has 0 radical (unpaired) electrons. The number of hydrogen-bond acceptors (Lipinski definition) is 2. The van der Waals surface area contributed by atoms with E-state index in [1.807, 2.05) is 18.2 Å². The Balaban J connectivity index is 2.17. The molecule has 2 heteroatoms. The fourth-order valence-electron chi connectivity index (χ4n) is 3.09. The van der Waals surface area contributed by atoms with E-state index in [0.29, 0.717) is 0 Å². The van der Waals surface area contributed by atoms with Crippen LogP contribution in [-0.2, 0) is 12.8 Å². The summed E-state index contributed by atoms with van der Waals surface area (Å²) in [7, 11) is 0. The average Bonchev–Trinajstić information content (AvgIpc) is 2.79. The number of furan rings is 1. The predicted molar refractivity (Wildman–Crippen MR) is 72.9 cm³/mol. The average molecular weight is 237 g/mol. The molecule has 0 atom stereocenters. The van der Waals surface area contributed by atoms with Gasteiger partial charge >= 0.3 is 0 Å². The standard InChI is InChI=1S/C16H15NO/c1-10-11-6-2-4-8-13(11)17-15-12-7-3-5-9-14(12)18-16(10)15/h3,5,7,9H,2,4,6,8H2,1H3. The van der Waals surface area contributed by atoms with E-state index >= 15 is 0 Å². The molecule has 18 heavy (non-hydrogen) atoms. The Morgan fingerprint density at radius 3 is 2.89 bits per heavy atom. The van der Waals surface area contributed by atoms with E-state index in [1.165, 1.54) is 29.7 Å². The molecule has 3 aromatic rings. The molecule has 4 rings (SSSR count). The van der Waals surface area contributed by atoms with Crippen LogP contribution in [0, 0.1) is 6.92 Å². The van der Waals surface area contributed by atoms with Crippen LogP contribution < -0.4 is 0 Å². The van der Waals surface area contributed by atoms with Crippen molar-refractivity contribution in [1.29, 1.82) is 0 Å². The number of benzene rings is 1. The molecule has 0 saturated carbocycles. The van der Waals surface area contributed by atoms with Gasteiger partial charge in [0.25, 0.3) is 0 Å². The van der Waals surface area contributed by atoms with Gasteiger partial charge in [-0.1, -0.05) is 12.1 Å². The third-order valence-electron chi connectivity index (χ3n) is 4.05. The Labute approximate surface area is 106 Å². The number of pyridine rings is 1. The molecule has 0 N–H and O–H groups in total. The van der Waals surface area contributed by atoms with Gasteiger partial charge in [0.15, 0.2) is 5.58 Å². The maximum Gasteiger partial charge on any atom is 0.157 e. The SMILES string of the molecule is Cc1c2c(nc3c1oc1ccccc13)CCCC2. The summed E-state index contributed by atoms with van der Waals surface area (Å²) in [6, 6.07) is 8.19. The van der Waals surface area contributed by atoms with Crippen molar-refractivity contribution in [3.05, 3.63) is 41.1 Å². The van der Waals surface area contributed by atoms with E-state index in [4.69, 9.17) is 9.40 Å². The van der Waals surface area contributed by atoms with Gasteiger partial charge < -0.3 is 4.42 Å². The molecular formula is C16H15NO. The van der Waals surface area contributed by atoms with Gasteiger partial charge in [0, 0.05) is 11.1 Å². The van der Waals surface area contributed by atoms with E-state index in [1.54, 1.807) is 0 Å². The van der Waals surface area contributed by atoms with Gasteiger partial charge in [-0.25, -0.2) is 4.98 Å². The zero-order chi connectivity index (χ0) is 12.1. The van der Waals surface area contributed by atoms with E-state index in [2.05, 4.69) is 13.0 Å². The molecule has 90 valence electrons. The van der Waals surface area contributed by atoms with Crippen molar-refractivity contribution >= 4 is 22.1 Å². The molecule has 1 aliphatic rings. The lowest BCUT2D eigenvalue weighted by atomic mass is 9.92. The molecular weight excluding hydrogens is 222 g/mol. The Kier molecular flexibility index (Phi) is 2.01. The molecule has 2 nitrogen and oxygen atoms in total. The fourth-order valence-corrected chi connectivity index (χ4v) is 3.09. The van der Waals surface area contributed by atoms with Gasteiger partial charge in [-0.15, -0.1) is 0 Å². The van der Waals surface area contributed by atoms with Gasteiger partial charge in [0.05, 0.1) is 0 Å². The van der Waals surface area contributed by atoms with Crippen LogP contribution in [0.2, 0.25) is 0 Å². The molecule has 1 aliphatic carbocycles. The van der Waals surface area contributed by atoms with Crippen LogP contribution in [0.1, 0.15) is 29.7 Å². The predicted octanol–water partition coefficient (Wildman–Crippen LogP) is 4.17. The molecule has 1 aromatic carbocycles. The second-order valence-electron chi connectivity index (χ2n) is 5.15. The number of nitrogens with zero attached hydrogens (tertiary/aromatic N) is 1. The number of para-hydroxylation sites is 1.